The molecule has 0 aliphatic carbocycles. The number of carbonyl (C=O) groups excluding carboxylic acids is 3. The largest absolute Gasteiger partial charge is 0.488 e. The molecule has 1 aliphatic heterocycles. The van der Waals surface area contributed by atoms with Crippen LogP contribution in [0.5, 0.6) is 5.75 Å². The van der Waals surface area contributed by atoms with E-state index in [1.165, 1.54) is 11.6 Å². The van der Waals surface area contributed by atoms with Crippen molar-refractivity contribution in [3.63, 3.8) is 0 Å². The average molecular weight is 505 g/mol. The molecule has 1 N–H and O–H groups in total. The monoisotopic (exact) mass is 504 g/mol. The molecule has 0 saturated carbocycles. The zero-order valence-corrected chi connectivity index (χ0v) is 19.7. The van der Waals surface area contributed by atoms with Gasteiger partial charge in [-0.2, -0.15) is 0 Å². The molecule has 1 saturated heterocycles. The van der Waals surface area contributed by atoms with E-state index in [-0.39, 0.29) is 5.57 Å². The van der Waals surface area contributed by atoms with Crippen molar-refractivity contribution in [2.75, 3.05) is 4.90 Å². The van der Waals surface area contributed by atoms with Crippen LogP contribution in [0.3, 0.4) is 0 Å². The van der Waals surface area contributed by atoms with E-state index in [9.17, 15) is 14.4 Å². The van der Waals surface area contributed by atoms with E-state index in [0.29, 0.717) is 28.1 Å². The number of carbonyl (C=O) groups is 3. The lowest BCUT2D eigenvalue weighted by molar-refractivity contribution is -0.122. The van der Waals surface area contributed by atoms with Crippen molar-refractivity contribution in [2.45, 2.75) is 20.5 Å². The maximum absolute atomic E-state index is 13.1. The predicted octanol–water partition coefficient (Wildman–Crippen LogP) is 5.31. The molecule has 6 nitrogen and oxygen atoms in total. The quantitative estimate of drug-likeness (QED) is 0.377. The topological polar surface area (TPSA) is 75.7 Å². The first-order chi connectivity index (χ1) is 15.8. The van der Waals surface area contributed by atoms with Crippen molar-refractivity contribution in [1.82, 2.24) is 5.32 Å². The normalized spacial score (nSPS) is 15.1. The van der Waals surface area contributed by atoms with Gasteiger partial charge in [0.1, 0.15) is 17.9 Å². The van der Waals surface area contributed by atoms with Gasteiger partial charge in [0.05, 0.1) is 10.2 Å². The zero-order valence-electron chi connectivity index (χ0n) is 18.1. The van der Waals surface area contributed by atoms with Crippen LogP contribution in [0.25, 0.3) is 6.08 Å². The van der Waals surface area contributed by atoms with Crippen LogP contribution >= 0.6 is 15.9 Å². The molecule has 3 aromatic rings. The summed E-state index contributed by atoms with van der Waals surface area (Å²) in [6.07, 6.45) is 1.46. The van der Waals surface area contributed by atoms with Gasteiger partial charge < -0.3 is 4.74 Å². The molecule has 0 aromatic heterocycles. The summed E-state index contributed by atoms with van der Waals surface area (Å²) in [5.74, 6) is -0.770. The molecule has 4 rings (SSSR count). The van der Waals surface area contributed by atoms with Crippen LogP contribution in [-0.2, 0) is 16.2 Å². The minimum atomic E-state index is -0.766. The van der Waals surface area contributed by atoms with Crippen molar-refractivity contribution in [2.24, 2.45) is 0 Å². The van der Waals surface area contributed by atoms with Crippen LogP contribution in [0.15, 0.2) is 76.8 Å². The standard InChI is InChI=1S/C26H21BrN2O4/c1-16-7-9-18(10-8-16)15-33-23-12-11-19(14-21(23)27)13-20-24(30)28-26(32)29(25(20)31)22-6-4-3-5-17(22)2/h3-14H,15H2,1-2H3,(H,28,30,32)/b20-13+. The number of aryl methyl sites for hydroxylation is 2. The fraction of sp³-hybridized carbons (Fsp3) is 0.115. The van der Waals surface area contributed by atoms with Gasteiger partial charge in [0.25, 0.3) is 11.8 Å². The highest BCUT2D eigenvalue weighted by Crippen LogP contribution is 2.29. The molecule has 4 amide bonds. The van der Waals surface area contributed by atoms with Crippen LogP contribution in [0.4, 0.5) is 10.5 Å². The minimum absolute atomic E-state index is 0.127. The molecule has 0 unspecified atom stereocenters. The highest BCUT2D eigenvalue weighted by atomic mass is 79.9. The van der Waals surface area contributed by atoms with Crippen LogP contribution in [0.2, 0.25) is 0 Å². The molecule has 3 aromatic carbocycles. The van der Waals surface area contributed by atoms with E-state index < -0.39 is 17.8 Å². The first kappa shape index (κ1) is 22.5. The second kappa shape index (κ2) is 9.42. The second-order valence-corrected chi connectivity index (χ2v) is 8.56. The van der Waals surface area contributed by atoms with Gasteiger partial charge in [-0.15, -0.1) is 0 Å². The van der Waals surface area contributed by atoms with Crippen molar-refractivity contribution in [3.8, 4) is 5.75 Å². The van der Waals surface area contributed by atoms with Gasteiger partial charge in [-0.05, 0) is 70.7 Å². The van der Waals surface area contributed by atoms with Gasteiger partial charge in [0.2, 0.25) is 0 Å². The summed E-state index contributed by atoms with van der Waals surface area (Å²) in [5.41, 5.74) is 3.89. The van der Waals surface area contributed by atoms with Crippen LogP contribution < -0.4 is 15.0 Å². The fourth-order valence-electron chi connectivity index (χ4n) is 3.43. The van der Waals surface area contributed by atoms with Crippen LogP contribution in [0, 0.1) is 13.8 Å². The lowest BCUT2D eigenvalue weighted by Crippen LogP contribution is -2.54. The number of benzene rings is 3. The summed E-state index contributed by atoms with van der Waals surface area (Å²) in [6, 6.07) is 19.6. The van der Waals surface area contributed by atoms with Crippen molar-refractivity contribution in [3.05, 3.63) is 99.0 Å². The van der Waals surface area contributed by atoms with Gasteiger partial charge in [0.15, 0.2) is 0 Å². The summed E-state index contributed by atoms with van der Waals surface area (Å²) >= 11 is 3.49. The van der Waals surface area contributed by atoms with E-state index in [2.05, 4.69) is 21.2 Å². The molecule has 0 bridgehead atoms. The van der Waals surface area contributed by atoms with Gasteiger partial charge in [0, 0.05) is 0 Å². The molecular weight excluding hydrogens is 484 g/mol. The number of urea groups is 1. The number of rotatable bonds is 5. The molecule has 1 aliphatic rings. The number of hydrogen-bond acceptors (Lipinski definition) is 4. The molecule has 0 spiro atoms. The number of para-hydroxylation sites is 1. The van der Waals surface area contributed by atoms with Crippen LogP contribution in [-0.4, -0.2) is 17.8 Å². The summed E-state index contributed by atoms with van der Waals surface area (Å²) < 4.78 is 6.57. The van der Waals surface area contributed by atoms with E-state index in [0.717, 1.165) is 16.0 Å². The lowest BCUT2D eigenvalue weighted by Gasteiger charge is -2.27. The lowest BCUT2D eigenvalue weighted by atomic mass is 10.1. The Morgan fingerprint density at radius 3 is 2.39 bits per heavy atom. The van der Waals surface area contributed by atoms with E-state index in [1.807, 2.05) is 37.3 Å². The number of barbiturate groups is 1. The third-order valence-electron chi connectivity index (χ3n) is 5.24. The summed E-state index contributed by atoms with van der Waals surface area (Å²) in [4.78, 5) is 38.9. The van der Waals surface area contributed by atoms with Gasteiger partial charge in [-0.25, -0.2) is 9.69 Å². The summed E-state index contributed by atoms with van der Waals surface area (Å²) in [7, 11) is 0. The number of nitrogens with zero attached hydrogens (tertiary/aromatic N) is 1. The Kier molecular flexibility index (Phi) is 6.42. The SMILES string of the molecule is Cc1ccc(COc2ccc(/C=C3\C(=O)NC(=O)N(c4ccccc4C)C3=O)cc2Br)cc1. The Hall–Kier alpha value is -3.71. The maximum Gasteiger partial charge on any atom is 0.335 e. The Balaban J connectivity index is 1.57. The van der Waals surface area contributed by atoms with Gasteiger partial charge >= 0.3 is 6.03 Å². The van der Waals surface area contributed by atoms with Gasteiger partial charge in [-0.1, -0.05) is 54.1 Å². The molecule has 166 valence electrons. The Bertz CT molecular complexity index is 1280. The van der Waals surface area contributed by atoms with E-state index >= 15 is 0 Å². The van der Waals surface area contributed by atoms with E-state index in [4.69, 9.17) is 4.74 Å². The average Bonchev–Trinajstić information content (AvgIpc) is 2.78. The van der Waals surface area contributed by atoms with Gasteiger partial charge in [-0.3, -0.25) is 14.9 Å². The first-order valence-corrected chi connectivity index (χ1v) is 11.1. The minimum Gasteiger partial charge on any atom is -0.488 e. The molecule has 0 radical (unpaired) electrons. The Labute approximate surface area is 200 Å². The molecule has 0 atom stereocenters. The molecule has 33 heavy (non-hydrogen) atoms. The van der Waals surface area contributed by atoms with Crippen LogP contribution in [0.1, 0.15) is 22.3 Å². The molecule has 1 heterocycles. The molecule has 7 heteroatoms. The number of nitrogens with one attached hydrogen (secondary N) is 1. The Morgan fingerprint density at radius 2 is 1.70 bits per heavy atom. The smallest absolute Gasteiger partial charge is 0.335 e. The number of halogens is 1. The fourth-order valence-corrected chi connectivity index (χ4v) is 3.94. The highest BCUT2D eigenvalue weighted by Gasteiger charge is 2.37. The number of anilines is 1. The number of hydrogen-bond donors (Lipinski definition) is 1. The van der Waals surface area contributed by atoms with Crippen molar-refractivity contribution >= 4 is 45.5 Å². The Morgan fingerprint density at radius 1 is 0.970 bits per heavy atom. The number of imide groups is 2. The van der Waals surface area contributed by atoms with E-state index in [1.54, 1.807) is 43.3 Å². The van der Waals surface area contributed by atoms with Crippen molar-refractivity contribution in [1.29, 1.82) is 0 Å². The maximum atomic E-state index is 13.1. The van der Waals surface area contributed by atoms with Crippen molar-refractivity contribution < 1.29 is 19.1 Å². The molecule has 1 fully saturated rings. The zero-order chi connectivity index (χ0) is 23.5. The number of amides is 4. The predicted molar refractivity (Wildman–Crippen MR) is 130 cm³/mol. The second-order valence-electron chi connectivity index (χ2n) is 7.71. The third-order valence-corrected chi connectivity index (χ3v) is 5.86. The third kappa shape index (κ3) is 4.88. The molecular formula is C26H21BrN2O4. The highest BCUT2D eigenvalue weighted by molar-refractivity contribution is 9.10. The summed E-state index contributed by atoms with van der Waals surface area (Å²) in [6.45, 7) is 4.23. The summed E-state index contributed by atoms with van der Waals surface area (Å²) in [5, 5.41) is 2.25. The number of ether oxygens (including phenoxy) is 1. The first-order valence-electron chi connectivity index (χ1n) is 10.3.